The number of aromatic amines is 1. The minimum Gasteiger partial charge on any atom is -0.326 e. The van der Waals surface area contributed by atoms with Gasteiger partial charge in [0, 0.05) is 11.8 Å². The van der Waals surface area contributed by atoms with Crippen molar-refractivity contribution in [2.75, 3.05) is 0 Å². The van der Waals surface area contributed by atoms with Gasteiger partial charge in [-0.05, 0) is 42.7 Å². The van der Waals surface area contributed by atoms with Crippen molar-refractivity contribution >= 4 is 0 Å². The molecule has 2 nitrogen and oxygen atoms in total. The molecule has 0 saturated carbocycles. The van der Waals surface area contributed by atoms with Gasteiger partial charge < -0.3 is 4.98 Å². The van der Waals surface area contributed by atoms with Gasteiger partial charge in [0.1, 0.15) is 0 Å². The number of pyridine rings is 1. The lowest BCUT2D eigenvalue weighted by atomic mass is 10.0. The van der Waals surface area contributed by atoms with E-state index in [1.54, 1.807) is 6.07 Å². The van der Waals surface area contributed by atoms with Crippen LogP contribution in [0.5, 0.6) is 0 Å². The van der Waals surface area contributed by atoms with Crippen LogP contribution < -0.4 is 5.56 Å². The Kier molecular flexibility index (Phi) is 2.44. The van der Waals surface area contributed by atoms with Gasteiger partial charge in [-0.25, -0.2) is 0 Å². The van der Waals surface area contributed by atoms with E-state index in [0.717, 1.165) is 19.3 Å². The van der Waals surface area contributed by atoms with Crippen LogP contribution in [-0.2, 0) is 19.3 Å². The molecular weight excluding hydrogens is 174 g/mol. The van der Waals surface area contributed by atoms with Crippen LogP contribution in [0.1, 0.15) is 37.1 Å². The van der Waals surface area contributed by atoms with Crippen molar-refractivity contribution in [3.05, 3.63) is 33.2 Å². The molecule has 0 amide bonds. The Morgan fingerprint density at radius 3 is 2.93 bits per heavy atom. The Hall–Kier alpha value is -1.05. The molecule has 0 saturated heterocycles. The highest BCUT2D eigenvalue weighted by atomic mass is 16.1. The summed E-state index contributed by atoms with van der Waals surface area (Å²) in [6.07, 6.45) is 4.44. The fraction of sp³-hybridized carbons (Fsp3) is 0.583. The van der Waals surface area contributed by atoms with Crippen molar-refractivity contribution in [3.63, 3.8) is 0 Å². The summed E-state index contributed by atoms with van der Waals surface area (Å²) in [5.74, 6) is 0.609. The Labute approximate surface area is 84.4 Å². The SMILES string of the molecule is CC(C)Cc1[nH]c(=O)cc2c1CCC2. The molecule has 1 heterocycles. The summed E-state index contributed by atoms with van der Waals surface area (Å²) in [5, 5.41) is 0. The normalized spacial score (nSPS) is 14.8. The zero-order chi connectivity index (χ0) is 10.1. The molecule has 0 bridgehead atoms. The highest BCUT2D eigenvalue weighted by molar-refractivity contribution is 5.34. The monoisotopic (exact) mass is 191 g/mol. The average Bonchev–Trinajstić information content (AvgIpc) is 2.50. The maximum absolute atomic E-state index is 11.4. The first-order valence-electron chi connectivity index (χ1n) is 5.41. The number of rotatable bonds is 2. The molecule has 0 unspecified atom stereocenters. The number of hydrogen-bond acceptors (Lipinski definition) is 1. The van der Waals surface area contributed by atoms with E-state index in [-0.39, 0.29) is 5.56 Å². The Morgan fingerprint density at radius 1 is 1.43 bits per heavy atom. The maximum Gasteiger partial charge on any atom is 0.248 e. The molecule has 76 valence electrons. The van der Waals surface area contributed by atoms with Gasteiger partial charge in [0.15, 0.2) is 0 Å². The second-order valence-corrected chi connectivity index (χ2v) is 4.57. The average molecular weight is 191 g/mol. The molecule has 1 N–H and O–H groups in total. The molecule has 1 aromatic rings. The van der Waals surface area contributed by atoms with E-state index in [0.29, 0.717) is 5.92 Å². The Bertz CT molecular complexity index is 390. The summed E-state index contributed by atoms with van der Waals surface area (Å²) in [6, 6.07) is 1.77. The van der Waals surface area contributed by atoms with Crippen molar-refractivity contribution in [3.8, 4) is 0 Å². The number of aromatic nitrogens is 1. The standard InChI is InChI=1S/C12H17NO/c1-8(2)6-11-10-5-3-4-9(10)7-12(14)13-11/h7-8H,3-6H2,1-2H3,(H,13,14). The summed E-state index contributed by atoms with van der Waals surface area (Å²) in [7, 11) is 0. The summed E-state index contributed by atoms with van der Waals surface area (Å²) in [4.78, 5) is 14.4. The van der Waals surface area contributed by atoms with Crippen LogP contribution in [-0.4, -0.2) is 4.98 Å². The van der Waals surface area contributed by atoms with Gasteiger partial charge in [0.05, 0.1) is 0 Å². The molecule has 0 aliphatic heterocycles. The molecule has 0 aromatic carbocycles. The predicted molar refractivity (Wildman–Crippen MR) is 57.6 cm³/mol. The summed E-state index contributed by atoms with van der Waals surface area (Å²) in [5.41, 5.74) is 3.95. The van der Waals surface area contributed by atoms with Gasteiger partial charge in [-0.1, -0.05) is 13.8 Å². The zero-order valence-electron chi connectivity index (χ0n) is 8.89. The van der Waals surface area contributed by atoms with Gasteiger partial charge in [-0.3, -0.25) is 4.79 Å². The number of H-pyrrole nitrogens is 1. The van der Waals surface area contributed by atoms with Crippen LogP contribution in [0.2, 0.25) is 0 Å². The van der Waals surface area contributed by atoms with Crippen molar-refractivity contribution < 1.29 is 0 Å². The minimum absolute atomic E-state index is 0.0706. The Balaban J connectivity index is 2.43. The highest BCUT2D eigenvalue weighted by Crippen LogP contribution is 2.23. The quantitative estimate of drug-likeness (QED) is 0.762. The molecule has 0 radical (unpaired) electrons. The first-order valence-corrected chi connectivity index (χ1v) is 5.41. The van der Waals surface area contributed by atoms with Crippen LogP contribution in [0.4, 0.5) is 0 Å². The van der Waals surface area contributed by atoms with Crippen LogP contribution >= 0.6 is 0 Å². The zero-order valence-corrected chi connectivity index (χ0v) is 8.89. The third-order valence-corrected chi connectivity index (χ3v) is 2.82. The van der Waals surface area contributed by atoms with Gasteiger partial charge in [-0.2, -0.15) is 0 Å². The van der Waals surface area contributed by atoms with E-state index in [9.17, 15) is 4.79 Å². The first-order chi connectivity index (χ1) is 6.66. The van der Waals surface area contributed by atoms with Crippen molar-refractivity contribution in [2.45, 2.75) is 39.5 Å². The molecule has 1 aromatic heterocycles. The molecule has 14 heavy (non-hydrogen) atoms. The summed E-state index contributed by atoms with van der Waals surface area (Å²) < 4.78 is 0. The largest absolute Gasteiger partial charge is 0.326 e. The fourth-order valence-corrected chi connectivity index (χ4v) is 2.27. The summed E-state index contributed by atoms with van der Waals surface area (Å²) in [6.45, 7) is 4.37. The lowest BCUT2D eigenvalue weighted by molar-refractivity contribution is 0.629. The van der Waals surface area contributed by atoms with Crippen LogP contribution in [0.25, 0.3) is 0 Å². The van der Waals surface area contributed by atoms with E-state index >= 15 is 0 Å². The topological polar surface area (TPSA) is 32.9 Å². The molecule has 0 fully saturated rings. The van der Waals surface area contributed by atoms with Gasteiger partial charge in [0.25, 0.3) is 0 Å². The molecule has 1 aliphatic carbocycles. The van der Waals surface area contributed by atoms with Gasteiger partial charge in [-0.15, -0.1) is 0 Å². The third-order valence-electron chi connectivity index (χ3n) is 2.82. The van der Waals surface area contributed by atoms with Crippen LogP contribution in [0, 0.1) is 5.92 Å². The van der Waals surface area contributed by atoms with Crippen molar-refractivity contribution in [1.82, 2.24) is 4.98 Å². The summed E-state index contributed by atoms with van der Waals surface area (Å²) >= 11 is 0. The molecular formula is C12H17NO. The number of fused-ring (bicyclic) bond motifs is 1. The van der Waals surface area contributed by atoms with E-state index in [4.69, 9.17) is 0 Å². The number of hydrogen-bond donors (Lipinski definition) is 1. The van der Waals surface area contributed by atoms with E-state index in [1.807, 2.05) is 0 Å². The van der Waals surface area contributed by atoms with Crippen LogP contribution in [0.15, 0.2) is 10.9 Å². The van der Waals surface area contributed by atoms with E-state index in [2.05, 4.69) is 18.8 Å². The molecule has 0 spiro atoms. The van der Waals surface area contributed by atoms with Crippen LogP contribution in [0.3, 0.4) is 0 Å². The van der Waals surface area contributed by atoms with Crippen molar-refractivity contribution in [2.24, 2.45) is 5.92 Å². The molecule has 2 rings (SSSR count). The third kappa shape index (κ3) is 1.74. The second-order valence-electron chi connectivity index (χ2n) is 4.57. The van der Waals surface area contributed by atoms with E-state index < -0.39 is 0 Å². The highest BCUT2D eigenvalue weighted by Gasteiger charge is 2.16. The molecule has 1 aliphatic rings. The predicted octanol–water partition coefficient (Wildman–Crippen LogP) is 2.06. The number of nitrogens with one attached hydrogen (secondary N) is 1. The minimum atomic E-state index is 0.0706. The second kappa shape index (κ2) is 3.60. The first kappa shape index (κ1) is 9.50. The van der Waals surface area contributed by atoms with E-state index in [1.165, 1.54) is 23.2 Å². The Morgan fingerprint density at radius 2 is 2.21 bits per heavy atom. The lowest BCUT2D eigenvalue weighted by Gasteiger charge is -2.09. The molecule has 0 atom stereocenters. The smallest absolute Gasteiger partial charge is 0.248 e. The number of aryl methyl sites for hydroxylation is 1. The van der Waals surface area contributed by atoms with Crippen molar-refractivity contribution in [1.29, 1.82) is 0 Å². The fourth-order valence-electron chi connectivity index (χ4n) is 2.27. The lowest BCUT2D eigenvalue weighted by Crippen LogP contribution is -2.13. The van der Waals surface area contributed by atoms with Gasteiger partial charge in [0.2, 0.25) is 5.56 Å². The van der Waals surface area contributed by atoms with Gasteiger partial charge >= 0.3 is 0 Å². The maximum atomic E-state index is 11.4. The molecule has 2 heteroatoms.